The second kappa shape index (κ2) is 8.91. The van der Waals surface area contributed by atoms with E-state index in [1.54, 1.807) is 6.07 Å². The predicted molar refractivity (Wildman–Crippen MR) is 115 cm³/mol. The van der Waals surface area contributed by atoms with Crippen LogP contribution in [0.3, 0.4) is 0 Å². The highest BCUT2D eigenvalue weighted by Gasteiger charge is 2.32. The number of benzene rings is 2. The summed E-state index contributed by atoms with van der Waals surface area (Å²) in [7, 11) is 0. The van der Waals surface area contributed by atoms with Crippen molar-refractivity contribution in [1.82, 2.24) is 15.1 Å². The van der Waals surface area contributed by atoms with Crippen molar-refractivity contribution in [2.45, 2.75) is 13.5 Å². The monoisotopic (exact) mass is 440 g/mol. The molecule has 1 fully saturated rings. The third-order valence-electron chi connectivity index (χ3n) is 5.19. The first-order valence-corrected chi connectivity index (χ1v) is 10.7. The van der Waals surface area contributed by atoms with Gasteiger partial charge in [-0.1, -0.05) is 41.7 Å². The number of carboxylic acid groups (broad SMARTS) is 1. The molecule has 1 saturated heterocycles. The summed E-state index contributed by atoms with van der Waals surface area (Å²) in [5.74, 6) is -1.79. The van der Waals surface area contributed by atoms with Crippen LogP contribution >= 0.6 is 11.3 Å². The molecule has 9 heteroatoms. The van der Waals surface area contributed by atoms with Gasteiger partial charge in [-0.15, -0.1) is 10.2 Å². The van der Waals surface area contributed by atoms with Crippen LogP contribution in [0.2, 0.25) is 0 Å². The molecular formula is C22H21FN4O3S. The minimum absolute atomic E-state index is 0.263. The lowest BCUT2D eigenvalue weighted by atomic mass is 9.99. The molecule has 1 aliphatic rings. The van der Waals surface area contributed by atoms with Crippen LogP contribution in [0.25, 0.3) is 10.6 Å². The van der Waals surface area contributed by atoms with E-state index in [-0.39, 0.29) is 17.4 Å². The van der Waals surface area contributed by atoms with E-state index in [0.29, 0.717) is 36.3 Å². The third-order valence-corrected chi connectivity index (χ3v) is 6.19. The molecule has 7 nitrogen and oxygen atoms in total. The molecule has 0 radical (unpaired) electrons. The van der Waals surface area contributed by atoms with Gasteiger partial charge in [0.15, 0.2) is 0 Å². The summed E-state index contributed by atoms with van der Waals surface area (Å²) in [6.07, 6.45) is 0. The van der Waals surface area contributed by atoms with E-state index >= 15 is 0 Å². The van der Waals surface area contributed by atoms with Crippen molar-refractivity contribution in [2.24, 2.45) is 5.92 Å². The zero-order valence-electron chi connectivity index (χ0n) is 16.9. The maximum Gasteiger partial charge on any atom is 0.309 e. The fourth-order valence-electron chi connectivity index (χ4n) is 3.45. The molecule has 1 aromatic heterocycles. The van der Waals surface area contributed by atoms with Crippen LogP contribution in [-0.2, 0) is 11.3 Å². The molecule has 0 aliphatic carbocycles. The molecule has 0 atom stereocenters. The van der Waals surface area contributed by atoms with Gasteiger partial charge >= 0.3 is 5.97 Å². The first-order valence-electron chi connectivity index (χ1n) is 9.90. The number of likely N-dealkylation sites (tertiary alicyclic amines) is 1. The minimum Gasteiger partial charge on any atom is -0.481 e. The van der Waals surface area contributed by atoms with Gasteiger partial charge in [0.2, 0.25) is 5.13 Å². The second-order valence-electron chi connectivity index (χ2n) is 7.38. The molecule has 31 heavy (non-hydrogen) atoms. The van der Waals surface area contributed by atoms with E-state index in [0.717, 1.165) is 11.1 Å². The number of carboxylic acids is 1. The highest BCUT2D eigenvalue weighted by Crippen LogP contribution is 2.30. The topological polar surface area (TPSA) is 86.6 Å². The average molecular weight is 441 g/mol. The summed E-state index contributed by atoms with van der Waals surface area (Å²) in [4.78, 5) is 27.3. The van der Waals surface area contributed by atoms with Crippen molar-refractivity contribution in [3.63, 3.8) is 0 Å². The lowest BCUT2D eigenvalue weighted by Crippen LogP contribution is -2.49. The zero-order chi connectivity index (χ0) is 22.0. The van der Waals surface area contributed by atoms with Gasteiger partial charge < -0.3 is 5.11 Å². The van der Waals surface area contributed by atoms with Crippen LogP contribution < -0.4 is 4.90 Å². The van der Waals surface area contributed by atoms with Crippen LogP contribution in [0.1, 0.15) is 22.8 Å². The molecule has 0 unspecified atom stereocenters. The number of rotatable bonds is 7. The van der Waals surface area contributed by atoms with Gasteiger partial charge in [-0.25, -0.2) is 4.39 Å². The number of hydrogen-bond acceptors (Lipinski definition) is 6. The highest BCUT2D eigenvalue weighted by atomic mass is 32.1. The Kier molecular flexibility index (Phi) is 6.06. The van der Waals surface area contributed by atoms with Crippen molar-refractivity contribution >= 4 is 28.3 Å². The van der Waals surface area contributed by atoms with Crippen molar-refractivity contribution in [1.29, 1.82) is 0 Å². The average Bonchev–Trinajstić information content (AvgIpc) is 3.21. The Labute approximate surface area is 182 Å². The maximum absolute atomic E-state index is 13.5. The fraction of sp³-hybridized carbons (Fsp3) is 0.273. The van der Waals surface area contributed by atoms with Crippen LogP contribution in [0, 0.1) is 11.7 Å². The number of anilines is 1. The number of halogens is 1. The summed E-state index contributed by atoms with van der Waals surface area (Å²) in [5, 5.41) is 18.5. The Hall–Kier alpha value is -3.17. The first kappa shape index (κ1) is 21.1. The van der Waals surface area contributed by atoms with Gasteiger partial charge in [0.05, 0.1) is 5.92 Å². The van der Waals surface area contributed by atoms with Gasteiger partial charge in [-0.05, 0) is 30.7 Å². The molecule has 1 amide bonds. The number of hydrogen-bond donors (Lipinski definition) is 1. The molecule has 0 spiro atoms. The SMILES string of the molecule is CCN(C(=O)c1cccc(F)c1)c1nnc(-c2ccc(CN3CC(C(=O)O)C3)cc2)s1. The normalized spacial score (nSPS) is 14.3. The van der Waals surface area contributed by atoms with Crippen molar-refractivity contribution in [3.8, 4) is 10.6 Å². The van der Waals surface area contributed by atoms with E-state index in [2.05, 4.69) is 15.1 Å². The van der Waals surface area contributed by atoms with Crippen LogP contribution in [0.5, 0.6) is 0 Å². The van der Waals surface area contributed by atoms with E-state index < -0.39 is 11.8 Å². The van der Waals surface area contributed by atoms with Crippen molar-refractivity contribution in [3.05, 3.63) is 65.5 Å². The fourth-order valence-corrected chi connectivity index (χ4v) is 4.36. The Morgan fingerprint density at radius 3 is 2.58 bits per heavy atom. The molecule has 3 aromatic rings. The highest BCUT2D eigenvalue weighted by molar-refractivity contribution is 7.18. The summed E-state index contributed by atoms with van der Waals surface area (Å²) >= 11 is 1.30. The van der Waals surface area contributed by atoms with Crippen molar-refractivity contribution in [2.75, 3.05) is 24.5 Å². The molecule has 1 N–H and O–H groups in total. The number of aromatic nitrogens is 2. The lowest BCUT2D eigenvalue weighted by molar-refractivity contribution is -0.147. The van der Waals surface area contributed by atoms with Gasteiger partial charge in [-0.2, -0.15) is 0 Å². The standard InChI is InChI=1S/C22H21FN4O3S/c1-2-27(20(28)16-4-3-5-18(23)10-16)22-25-24-19(31-22)15-8-6-14(7-9-15)11-26-12-17(13-26)21(29)30/h3-10,17H,2,11-13H2,1H3,(H,29,30). The predicted octanol–water partition coefficient (Wildman–Crippen LogP) is 3.53. The van der Waals surface area contributed by atoms with E-state index in [4.69, 9.17) is 5.11 Å². The summed E-state index contributed by atoms with van der Waals surface area (Å²) in [6.45, 7) is 4.07. The lowest BCUT2D eigenvalue weighted by Gasteiger charge is -2.36. The minimum atomic E-state index is -0.740. The molecule has 4 rings (SSSR count). The number of aliphatic carboxylic acids is 1. The van der Waals surface area contributed by atoms with Gasteiger partial charge in [-0.3, -0.25) is 19.4 Å². The Bertz CT molecular complexity index is 1100. The molecule has 2 aromatic carbocycles. The second-order valence-corrected chi connectivity index (χ2v) is 8.33. The first-order chi connectivity index (χ1) is 14.9. The van der Waals surface area contributed by atoms with Crippen LogP contribution in [0.15, 0.2) is 48.5 Å². The quantitative estimate of drug-likeness (QED) is 0.605. The van der Waals surface area contributed by atoms with Crippen molar-refractivity contribution < 1.29 is 19.1 Å². The van der Waals surface area contributed by atoms with Gasteiger partial charge in [0, 0.05) is 37.3 Å². The Balaban J connectivity index is 1.44. The van der Waals surface area contributed by atoms with E-state index in [1.807, 2.05) is 31.2 Å². The smallest absolute Gasteiger partial charge is 0.309 e. The molecule has 2 heterocycles. The zero-order valence-corrected chi connectivity index (χ0v) is 17.7. The number of amides is 1. The molecule has 0 bridgehead atoms. The molecular weight excluding hydrogens is 419 g/mol. The largest absolute Gasteiger partial charge is 0.481 e. The van der Waals surface area contributed by atoms with E-state index in [1.165, 1.54) is 34.4 Å². The van der Waals surface area contributed by atoms with Crippen LogP contribution in [-0.4, -0.2) is 51.7 Å². The molecule has 160 valence electrons. The summed E-state index contributed by atoms with van der Waals surface area (Å²) in [5.41, 5.74) is 2.24. The Morgan fingerprint density at radius 1 is 1.19 bits per heavy atom. The molecule has 1 aliphatic heterocycles. The molecule has 0 saturated carbocycles. The third kappa shape index (κ3) is 4.62. The number of carbonyl (C=O) groups is 2. The van der Waals surface area contributed by atoms with Gasteiger partial charge in [0.25, 0.3) is 5.91 Å². The van der Waals surface area contributed by atoms with E-state index in [9.17, 15) is 14.0 Å². The summed E-state index contributed by atoms with van der Waals surface area (Å²) < 4.78 is 13.5. The summed E-state index contributed by atoms with van der Waals surface area (Å²) in [6, 6.07) is 13.4. The number of carbonyl (C=O) groups excluding carboxylic acids is 1. The van der Waals surface area contributed by atoms with Gasteiger partial charge in [0.1, 0.15) is 10.8 Å². The van der Waals surface area contributed by atoms with Crippen LogP contribution in [0.4, 0.5) is 9.52 Å². The number of nitrogens with zero attached hydrogens (tertiary/aromatic N) is 4. The Morgan fingerprint density at radius 2 is 1.94 bits per heavy atom. The maximum atomic E-state index is 13.5.